The average molecular weight is 269 g/mol. The van der Waals surface area contributed by atoms with Crippen LogP contribution in [0.2, 0.25) is 5.02 Å². The van der Waals surface area contributed by atoms with Gasteiger partial charge in [0.2, 0.25) is 0 Å². The van der Waals surface area contributed by atoms with Crippen LogP contribution in [0, 0.1) is 6.92 Å². The third-order valence-electron chi connectivity index (χ3n) is 3.45. The van der Waals surface area contributed by atoms with Crippen LogP contribution < -0.4 is 5.73 Å². The molecule has 0 spiro atoms. The minimum Gasteiger partial charge on any atom is -0.329 e. The summed E-state index contributed by atoms with van der Waals surface area (Å²) in [5.41, 5.74) is 8.30. The van der Waals surface area contributed by atoms with Gasteiger partial charge in [0.05, 0.1) is 0 Å². The van der Waals surface area contributed by atoms with Crippen molar-refractivity contribution >= 4 is 11.6 Å². The number of benzene rings is 1. The summed E-state index contributed by atoms with van der Waals surface area (Å²) in [6.45, 7) is 9.19. The molecule has 0 saturated carbocycles. The maximum atomic E-state index is 6.21. The van der Waals surface area contributed by atoms with Crippen molar-refractivity contribution in [2.75, 3.05) is 19.6 Å². The quantitative estimate of drug-likeness (QED) is 0.816. The lowest BCUT2D eigenvalue weighted by Crippen LogP contribution is -2.34. The number of nitrogens with two attached hydrogens (primary N) is 1. The fourth-order valence-corrected chi connectivity index (χ4v) is 2.40. The SMILES string of the molecule is CCCCN(CC)C(CN)c1ccc(C)c(Cl)c1. The summed E-state index contributed by atoms with van der Waals surface area (Å²) in [6, 6.07) is 6.56. The topological polar surface area (TPSA) is 29.3 Å². The lowest BCUT2D eigenvalue weighted by molar-refractivity contribution is 0.209. The first-order chi connectivity index (χ1) is 8.63. The second-order valence-corrected chi connectivity index (χ2v) is 5.15. The molecule has 2 N–H and O–H groups in total. The summed E-state index contributed by atoms with van der Waals surface area (Å²) < 4.78 is 0. The van der Waals surface area contributed by atoms with Crippen LogP contribution in [0.5, 0.6) is 0 Å². The van der Waals surface area contributed by atoms with Gasteiger partial charge in [-0.3, -0.25) is 4.90 Å². The molecule has 1 aromatic rings. The number of hydrogen-bond donors (Lipinski definition) is 1. The van der Waals surface area contributed by atoms with Gasteiger partial charge in [-0.15, -0.1) is 0 Å². The van der Waals surface area contributed by atoms with Crippen molar-refractivity contribution in [2.45, 2.75) is 39.7 Å². The lowest BCUT2D eigenvalue weighted by atomic mass is 10.0. The molecule has 1 atom stereocenters. The highest BCUT2D eigenvalue weighted by Crippen LogP contribution is 2.25. The number of unbranched alkanes of at least 4 members (excludes halogenated alkanes) is 1. The molecule has 1 unspecified atom stereocenters. The smallest absolute Gasteiger partial charge is 0.0470 e. The van der Waals surface area contributed by atoms with Crippen molar-refractivity contribution in [2.24, 2.45) is 5.73 Å². The molecule has 18 heavy (non-hydrogen) atoms. The number of rotatable bonds is 7. The Kier molecular flexibility index (Phi) is 6.69. The van der Waals surface area contributed by atoms with Gasteiger partial charge in [0.15, 0.2) is 0 Å². The van der Waals surface area contributed by atoms with Crippen molar-refractivity contribution in [3.63, 3.8) is 0 Å². The van der Waals surface area contributed by atoms with E-state index in [1.54, 1.807) is 0 Å². The first kappa shape index (κ1) is 15.5. The summed E-state index contributed by atoms with van der Waals surface area (Å²) in [5, 5.41) is 0.831. The normalized spacial score (nSPS) is 13.0. The molecule has 0 aliphatic rings. The second-order valence-electron chi connectivity index (χ2n) is 4.74. The van der Waals surface area contributed by atoms with Gasteiger partial charge in [-0.2, -0.15) is 0 Å². The van der Waals surface area contributed by atoms with E-state index < -0.39 is 0 Å². The van der Waals surface area contributed by atoms with E-state index in [0.29, 0.717) is 6.54 Å². The molecule has 0 bridgehead atoms. The zero-order valence-electron chi connectivity index (χ0n) is 11.7. The summed E-state index contributed by atoms with van der Waals surface area (Å²) in [5.74, 6) is 0. The highest BCUT2D eigenvalue weighted by atomic mass is 35.5. The van der Waals surface area contributed by atoms with Gasteiger partial charge < -0.3 is 5.73 Å². The highest BCUT2D eigenvalue weighted by molar-refractivity contribution is 6.31. The minimum absolute atomic E-state index is 0.277. The van der Waals surface area contributed by atoms with Gasteiger partial charge >= 0.3 is 0 Å². The molecule has 0 fully saturated rings. The van der Waals surface area contributed by atoms with Crippen LogP contribution >= 0.6 is 11.6 Å². The van der Waals surface area contributed by atoms with E-state index in [1.165, 1.54) is 18.4 Å². The van der Waals surface area contributed by atoms with Gasteiger partial charge in [0, 0.05) is 17.6 Å². The van der Waals surface area contributed by atoms with Crippen molar-refractivity contribution in [3.8, 4) is 0 Å². The van der Waals surface area contributed by atoms with Crippen LogP contribution in [0.25, 0.3) is 0 Å². The Morgan fingerprint density at radius 1 is 1.33 bits per heavy atom. The zero-order chi connectivity index (χ0) is 13.5. The van der Waals surface area contributed by atoms with E-state index >= 15 is 0 Å². The van der Waals surface area contributed by atoms with E-state index in [1.807, 2.05) is 6.92 Å². The molecule has 0 radical (unpaired) electrons. The average Bonchev–Trinajstić information content (AvgIpc) is 2.38. The molecule has 102 valence electrons. The summed E-state index contributed by atoms with van der Waals surface area (Å²) in [7, 11) is 0. The predicted octanol–water partition coefficient (Wildman–Crippen LogP) is 3.77. The molecule has 0 aliphatic heterocycles. The summed E-state index contributed by atoms with van der Waals surface area (Å²) in [6.07, 6.45) is 2.42. The molecule has 0 heterocycles. The Hall–Kier alpha value is -0.570. The van der Waals surface area contributed by atoms with Crippen LogP contribution in [-0.2, 0) is 0 Å². The van der Waals surface area contributed by atoms with E-state index in [9.17, 15) is 0 Å². The van der Waals surface area contributed by atoms with Crippen LogP contribution in [0.3, 0.4) is 0 Å². The van der Waals surface area contributed by atoms with E-state index in [0.717, 1.165) is 23.7 Å². The molecule has 2 nitrogen and oxygen atoms in total. The number of hydrogen-bond acceptors (Lipinski definition) is 2. The Morgan fingerprint density at radius 2 is 2.06 bits per heavy atom. The van der Waals surface area contributed by atoms with Crippen molar-refractivity contribution in [1.82, 2.24) is 4.90 Å². The van der Waals surface area contributed by atoms with E-state index in [-0.39, 0.29) is 6.04 Å². The monoisotopic (exact) mass is 268 g/mol. The fourth-order valence-electron chi connectivity index (χ4n) is 2.21. The number of nitrogens with zero attached hydrogens (tertiary/aromatic N) is 1. The lowest BCUT2D eigenvalue weighted by Gasteiger charge is -2.30. The maximum Gasteiger partial charge on any atom is 0.0470 e. The van der Waals surface area contributed by atoms with Crippen molar-refractivity contribution in [3.05, 3.63) is 34.3 Å². The maximum absolute atomic E-state index is 6.21. The summed E-state index contributed by atoms with van der Waals surface area (Å²) >= 11 is 6.21. The van der Waals surface area contributed by atoms with Crippen molar-refractivity contribution in [1.29, 1.82) is 0 Å². The fraction of sp³-hybridized carbons (Fsp3) is 0.600. The van der Waals surface area contributed by atoms with Crippen LogP contribution in [0.15, 0.2) is 18.2 Å². The number of aryl methyl sites for hydroxylation is 1. The Morgan fingerprint density at radius 3 is 2.56 bits per heavy atom. The van der Waals surface area contributed by atoms with Gasteiger partial charge in [-0.05, 0) is 43.6 Å². The van der Waals surface area contributed by atoms with Crippen LogP contribution in [-0.4, -0.2) is 24.5 Å². The first-order valence-corrected chi connectivity index (χ1v) is 7.22. The molecule has 1 rings (SSSR count). The Labute approximate surface area is 116 Å². The van der Waals surface area contributed by atoms with Gasteiger partial charge in [-0.1, -0.05) is 44.0 Å². The standard InChI is InChI=1S/C15H25ClN2/c1-4-6-9-18(5-2)15(11-17)13-8-7-12(3)14(16)10-13/h7-8,10,15H,4-6,9,11,17H2,1-3H3. The molecular weight excluding hydrogens is 244 g/mol. The summed E-state index contributed by atoms with van der Waals surface area (Å²) in [4.78, 5) is 2.44. The third kappa shape index (κ3) is 3.98. The van der Waals surface area contributed by atoms with Gasteiger partial charge in [0.1, 0.15) is 0 Å². The highest BCUT2D eigenvalue weighted by Gasteiger charge is 2.17. The first-order valence-electron chi connectivity index (χ1n) is 6.84. The third-order valence-corrected chi connectivity index (χ3v) is 3.86. The molecule has 0 aliphatic carbocycles. The number of halogens is 1. The Bertz CT molecular complexity index is 366. The molecule has 3 heteroatoms. The minimum atomic E-state index is 0.277. The molecule has 0 saturated heterocycles. The van der Waals surface area contributed by atoms with E-state index in [2.05, 4.69) is 36.9 Å². The molecule has 1 aromatic carbocycles. The van der Waals surface area contributed by atoms with E-state index in [4.69, 9.17) is 17.3 Å². The molecular formula is C15H25ClN2. The second kappa shape index (κ2) is 7.78. The van der Waals surface area contributed by atoms with Gasteiger partial charge in [0.25, 0.3) is 0 Å². The van der Waals surface area contributed by atoms with Crippen LogP contribution in [0.4, 0.5) is 0 Å². The Balaban J connectivity index is 2.88. The molecule has 0 amide bonds. The largest absolute Gasteiger partial charge is 0.329 e. The van der Waals surface area contributed by atoms with Gasteiger partial charge in [-0.25, -0.2) is 0 Å². The predicted molar refractivity (Wildman–Crippen MR) is 80.1 cm³/mol. The zero-order valence-corrected chi connectivity index (χ0v) is 12.5. The molecule has 0 aromatic heterocycles. The van der Waals surface area contributed by atoms with Crippen LogP contribution in [0.1, 0.15) is 43.9 Å². The van der Waals surface area contributed by atoms with Crippen molar-refractivity contribution < 1.29 is 0 Å². The number of likely N-dealkylation sites (N-methyl/N-ethyl adjacent to an activating group) is 1.